The third kappa shape index (κ3) is 4.85. The highest BCUT2D eigenvalue weighted by Crippen LogP contribution is 2.36. The minimum atomic E-state index is 0.0513. The molecule has 0 bridgehead atoms. The maximum Gasteiger partial charge on any atom is 0.220 e. The number of hydrogen-bond donors (Lipinski definition) is 1. The summed E-state index contributed by atoms with van der Waals surface area (Å²) in [7, 11) is 0. The number of aromatic nitrogens is 1. The summed E-state index contributed by atoms with van der Waals surface area (Å²) in [5.41, 5.74) is 5.15. The van der Waals surface area contributed by atoms with Crippen LogP contribution in [0.25, 0.3) is 10.9 Å². The van der Waals surface area contributed by atoms with Crippen molar-refractivity contribution in [2.45, 2.75) is 52.0 Å². The molecule has 1 amide bonds. The van der Waals surface area contributed by atoms with E-state index in [9.17, 15) is 4.79 Å². The summed E-state index contributed by atoms with van der Waals surface area (Å²) in [5.74, 6) is 0.187. The SMILES string of the molecule is CCc1cccc2c([C@@H](CC(=O)NCCN3CCCC3)c3ccccc3)cn(CC)c12. The van der Waals surface area contributed by atoms with Crippen LogP contribution in [0.2, 0.25) is 0 Å². The van der Waals surface area contributed by atoms with Gasteiger partial charge in [-0.15, -0.1) is 0 Å². The molecule has 4 heteroatoms. The number of carbonyl (C=O) groups is 1. The number of nitrogens with zero attached hydrogens (tertiary/aromatic N) is 2. The van der Waals surface area contributed by atoms with Crippen LogP contribution < -0.4 is 5.32 Å². The predicted octanol–water partition coefficient (Wildman–Crippen LogP) is 4.96. The van der Waals surface area contributed by atoms with Gasteiger partial charge in [0.15, 0.2) is 0 Å². The van der Waals surface area contributed by atoms with Crippen LogP contribution in [0, 0.1) is 0 Å². The van der Waals surface area contributed by atoms with Crippen LogP contribution >= 0.6 is 0 Å². The van der Waals surface area contributed by atoms with Crippen molar-refractivity contribution in [1.82, 2.24) is 14.8 Å². The van der Waals surface area contributed by atoms with Gasteiger partial charge in [-0.1, -0.05) is 55.5 Å². The zero-order valence-corrected chi connectivity index (χ0v) is 18.9. The highest BCUT2D eigenvalue weighted by molar-refractivity contribution is 5.89. The fourth-order valence-electron chi connectivity index (χ4n) is 4.99. The Bertz CT molecular complexity index is 1000. The molecular formula is C27H35N3O. The number of benzene rings is 2. The van der Waals surface area contributed by atoms with E-state index in [1.807, 2.05) is 6.07 Å². The van der Waals surface area contributed by atoms with Gasteiger partial charge in [0.2, 0.25) is 5.91 Å². The number of amides is 1. The van der Waals surface area contributed by atoms with Gasteiger partial charge < -0.3 is 14.8 Å². The molecule has 1 saturated heterocycles. The molecule has 164 valence electrons. The van der Waals surface area contributed by atoms with Crippen molar-refractivity contribution < 1.29 is 4.79 Å². The molecule has 0 radical (unpaired) electrons. The molecule has 1 fully saturated rings. The molecule has 1 aromatic heterocycles. The van der Waals surface area contributed by atoms with Crippen molar-refractivity contribution in [3.05, 3.63) is 71.4 Å². The minimum absolute atomic E-state index is 0.0513. The van der Waals surface area contributed by atoms with Gasteiger partial charge in [-0.25, -0.2) is 0 Å². The second-order valence-electron chi connectivity index (χ2n) is 8.60. The first-order chi connectivity index (χ1) is 15.2. The summed E-state index contributed by atoms with van der Waals surface area (Å²) in [5, 5.41) is 4.46. The second-order valence-corrected chi connectivity index (χ2v) is 8.60. The Hall–Kier alpha value is -2.59. The van der Waals surface area contributed by atoms with E-state index in [1.165, 1.54) is 53.5 Å². The number of para-hydroxylation sites is 1. The molecule has 0 unspecified atom stereocenters. The summed E-state index contributed by atoms with van der Waals surface area (Å²) in [6.07, 6.45) is 6.33. The van der Waals surface area contributed by atoms with E-state index >= 15 is 0 Å². The first-order valence-electron chi connectivity index (χ1n) is 11.9. The molecule has 31 heavy (non-hydrogen) atoms. The quantitative estimate of drug-likeness (QED) is 0.534. The lowest BCUT2D eigenvalue weighted by molar-refractivity contribution is -0.121. The van der Waals surface area contributed by atoms with Crippen molar-refractivity contribution in [3.63, 3.8) is 0 Å². The Morgan fingerprint density at radius 3 is 2.52 bits per heavy atom. The topological polar surface area (TPSA) is 37.3 Å². The number of aryl methyl sites for hydroxylation is 2. The smallest absolute Gasteiger partial charge is 0.220 e. The van der Waals surface area contributed by atoms with E-state index < -0.39 is 0 Å². The molecule has 2 aromatic carbocycles. The number of rotatable bonds is 9. The van der Waals surface area contributed by atoms with Gasteiger partial charge in [-0.2, -0.15) is 0 Å². The molecular weight excluding hydrogens is 382 g/mol. The van der Waals surface area contributed by atoms with Crippen LogP contribution in [0.1, 0.15) is 55.7 Å². The summed E-state index contributed by atoms with van der Waals surface area (Å²) < 4.78 is 2.35. The number of carbonyl (C=O) groups excluding carboxylic acids is 1. The maximum atomic E-state index is 13.0. The zero-order valence-electron chi connectivity index (χ0n) is 18.9. The van der Waals surface area contributed by atoms with Crippen molar-refractivity contribution in [3.8, 4) is 0 Å². The number of fused-ring (bicyclic) bond motifs is 1. The fourth-order valence-corrected chi connectivity index (χ4v) is 4.99. The Labute approximate surface area is 186 Å². The second kappa shape index (κ2) is 10.1. The molecule has 3 aromatic rings. The van der Waals surface area contributed by atoms with Crippen LogP contribution in [0.15, 0.2) is 54.7 Å². The molecule has 0 aliphatic carbocycles. The monoisotopic (exact) mass is 417 g/mol. The van der Waals surface area contributed by atoms with Gasteiger partial charge in [0, 0.05) is 43.6 Å². The lowest BCUT2D eigenvalue weighted by atomic mass is 9.87. The van der Waals surface area contributed by atoms with Crippen LogP contribution in [0.3, 0.4) is 0 Å². The average molecular weight is 418 g/mol. The van der Waals surface area contributed by atoms with Crippen LogP contribution in [-0.2, 0) is 17.8 Å². The van der Waals surface area contributed by atoms with Crippen LogP contribution in [-0.4, -0.2) is 41.6 Å². The summed E-state index contributed by atoms with van der Waals surface area (Å²) in [4.78, 5) is 15.4. The fraction of sp³-hybridized carbons (Fsp3) is 0.444. The van der Waals surface area contributed by atoms with E-state index in [2.05, 4.69) is 77.3 Å². The first kappa shape index (κ1) is 21.6. The average Bonchev–Trinajstić information content (AvgIpc) is 3.46. The van der Waals surface area contributed by atoms with E-state index in [-0.39, 0.29) is 11.8 Å². The van der Waals surface area contributed by atoms with E-state index in [0.29, 0.717) is 6.42 Å². The van der Waals surface area contributed by atoms with Crippen LogP contribution in [0.5, 0.6) is 0 Å². The molecule has 1 aliphatic rings. The third-order valence-electron chi connectivity index (χ3n) is 6.65. The van der Waals surface area contributed by atoms with Crippen molar-refractivity contribution in [1.29, 1.82) is 0 Å². The number of hydrogen-bond acceptors (Lipinski definition) is 2. The van der Waals surface area contributed by atoms with Crippen LogP contribution in [0.4, 0.5) is 0 Å². The van der Waals surface area contributed by atoms with Gasteiger partial charge >= 0.3 is 0 Å². The highest BCUT2D eigenvalue weighted by Gasteiger charge is 2.23. The number of nitrogens with one attached hydrogen (secondary N) is 1. The zero-order chi connectivity index (χ0) is 21.6. The lowest BCUT2D eigenvalue weighted by Gasteiger charge is -2.19. The van der Waals surface area contributed by atoms with E-state index in [0.717, 1.165) is 26.1 Å². The number of likely N-dealkylation sites (tertiary alicyclic amines) is 1. The predicted molar refractivity (Wildman–Crippen MR) is 129 cm³/mol. The minimum Gasteiger partial charge on any atom is -0.355 e. The van der Waals surface area contributed by atoms with Gasteiger partial charge in [0.1, 0.15) is 0 Å². The molecule has 4 nitrogen and oxygen atoms in total. The molecule has 1 atom stereocenters. The lowest BCUT2D eigenvalue weighted by Crippen LogP contribution is -2.34. The van der Waals surface area contributed by atoms with E-state index in [1.54, 1.807) is 0 Å². The molecule has 0 saturated carbocycles. The Kier molecular flexibility index (Phi) is 7.08. The van der Waals surface area contributed by atoms with Gasteiger partial charge in [0.05, 0.1) is 5.52 Å². The molecule has 4 rings (SSSR count). The third-order valence-corrected chi connectivity index (χ3v) is 6.65. The Morgan fingerprint density at radius 1 is 1.03 bits per heavy atom. The van der Waals surface area contributed by atoms with E-state index in [4.69, 9.17) is 0 Å². The summed E-state index contributed by atoms with van der Waals surface area (Å²) in [6.45, 7) is 9.35. The molecule has 0 spiro atoms. The largest absolute Gasteiger partial charge is 0.355 e. The molecule has 2 heterocycles. The van der Waals surface area contributed by atoms with Gasteiger partial charge in [-0.3, -0.25) is 4.79 Å². The van der Waals surface area contributed by atoms with Gasteiger partial charge in [-0.05, 0) is 56.0 Å². The van der Waals surface area contributed by atoms with Crippen molar-refractivity contribution in [2.24, 2.45) is 0 Å². The van der Waals surface area contributed by atoms with Gasteiger partial charge in [0.25, 0.3) is 0 Å². The molecule has 1 aliphatic heterocycles. The molecule has 1 N–H and O–H groups in total. The van der Waals surface area contributed by atoms with Crippen molar-refractivity contribution >= 4 is 16.8 Å². The summed E-state index contributed by atoms with van der Waals surface area (Å²) in [6, 6.07) is 17.1. The van der Waals surface area contributed by atoms with Crippen molar-refractivity contribution in [2.75, 3.05) is 26.2 Å². The Balaban J connectivity index is 1.61. The highest BCUT2D eigenvalue weighted by atomic mass is 16.1. The first-order valence-corrected chi connectivity index (χ1v) is 11.9. The normalized spacial score (nSPS) is 15.4. The standard InChI is InChI=1S/C27H35N3O/c1-3-21-13-10-14-23-25(20-30(4-2)27(21)23)24(22-11-6-5-7-12-22)19-26(31)28-15-18-29-16-8-9-17-29/h5-7,10-14,20,24H,3-4,8-9,15-19H2,1-2H3,(H,28,31)/t24-/m0/s1. The summed E-state index contributed by atoms with van der Waals surface area (Å²) >= 11 is 0. The maximum absolute atomic E-state index is 13.0. The Morgan fingerprint density at radius 2 is 1.81 bits per heavy atom.